The Labute approximate surface area is 139 Å². The van der Waals surface area contributed by atoms with Gasteiger partial charge in [0, 0.05) is 38.2 Å². The minimum absolute atomic E-state index is 0.0651. The summed E-state index contributed by atoms with van der Waals surface area (Å²) in [4.78, 5) is 10.4. The second-order valence-electron chi connectivity index (χ2n) is 5.93. The van der Waals surface area contributed by atoms with E-state index in [2.05, 4.69) is 14.9 Å². The smallest absolute Gasteiger partial charge is 0.134 e. The first-order chi connectivity index (χ1) is 11.6. The van der Waals surface area contributed by atoms with Crippen LogP contribution in [0.25, 0.3) is 0 Å². The lowest BCUT2D eigenvalue weighted by Gasteiger charge is -2.30. The molecule has 0 spiro atoms. The Kier molecular flexibility index (Phi) is 5.34. The average Bonchev–Trinajstić information content (AvgIpc) is 2.77. The molecular formula is C17H20FN3O3. The molecular weight excluding hydrogens is 313 g/mol. The number of hydrogen-bond acceptors (Lipinski definition) is 6. The first kappa shape index (κ1) is 16.8. The minimum atomic E-state index is -1.15. The lowest BCUT2D eigenvalue weighted by Crippen LogP contribution is -2.48. The highest BCUT2D eigenvalue weighted by Crippen LogP contribution is 2.18. The van der Waals surface area contributed by atoms with Gasteiger partial charge in [0.15, 0.2) is 0 Å². The van der Waals surface area contributed by atoms with E-state index in [1.165, 1.54) is 24.3 Å². The zero-order valence-electron chi connectivity index (χ0n) is 13.3. The molecule has 24 heavy (non-hydrogen) atoms. The van der Waals surface area contributed by atoms with Crippen LogP contribution in [0.5, 0.6) is 5.75 Å². The van der Waals surface area contributed by atoms with Gasteiger partial charge in [-0.1, -0.05) is 0 Å². The summed E-state index contributed by atoms with van der Waals surface area (Å²) in [5.74, 6) is 0.184. The van der Waals surface area contributed by atoms with Gasteiger partial charge in [-0.15, -0.1) is 0 Å². The third-order valence-corrected chi connectivity index (χ3v) is 3.76. The lowest BCUT2D eigenvalue weighted by atomic mass is 10.1. The molecule has 1 saturated heterocycles. The predicted octanol–water partition coefficient (Wildman–Crippen LogP) is 1.26. The SMILES string of the molecule is O[C@]1(COc2ccc(F)cc2)COCCN(Cc2cnccn2)C1. The minimum Gasteiger partial charge on any atom is -0.490 e. The van der Waals surface area contributed by atoms with Crippen LogP contribution in [-0.4, -0.2) is 58.5 Å². The van der Waals surface area contributed by atoms with Gasteiger partial charge in [0.1, 0.15) is 23.8 Å². The van der Waals surface area contributed by atoms with Crippen molar-refractivity contribution in [1.82, 2.24) is 14.9 Å². The van der Waals surface area contributed by atoms with Gasteiger partial charge in [0.2, 0.25) is 0 Å². The largest absolute Gasteiger partial charge is 0.490 e. The number of hydrogen-bond donors (Lipinski definition) is 1. The van der Waals surface area contributed by atoms with Crippen LogP contribution in [-0.2, 0) is 11.3 Å². The van der Waals surface area contributed by atoms with Crippen molar-refractivity contribution in [3.8, 4) is 5.75 Å². The van der Waals surface area contributed by atoms with Gasteiger partial charge in [-0.05, 0) is 24.3 Å². The number of halogens is 1. The van der Waals surface area contributed by atoms with E-state index in [9.17, 15) is 9.50 Å². The number of β-amino-alcohol motifs (C(OH)–C–C–N with tert-alkyl or cyclic N) is 1. The van der Waals surface area contributed by atoms with Crippen LogP contribution in [0, 0.1) is 5.82 Å². The maximum absolute atomic E-state index is 12.9. The average molecular weight is 333 g/mol. The van der Waals surface area contributed by atoms with E-state index in [4.69, 9.17) is 9.47 Å². The number of rotatable bonds is 5. The maximum Gasteiger partial charge on any atom is 0.134 e. The molecule has 2 aromatic rings. The van der Waals surface area contributed by atoms with E-state index in [0.29, 0.717) is 32.0 Å². The molecule has 0 radical (unpaired) electrons. The molecule has 1 atom stereocenters. The summed E-state index contributed by atoms with van der Waals surface area (Å²) >= 11 is 0. The topological polar surface area (TPSA) is 67.7 Å². The molecule has 1 aliphatic heterocycles. The van der Waals surface area contributed by atoms with Crippen LogP contribution in [0.1, 0.15) is 5.69 Å². The van der Waals surface area contributed by atoms with Crippen LogP contribution < -0.4 is 4.74 Å². The Balaban J connectivity index is 1.61. The first-order valence-electron chi connectivity index (χ1n) is 7.79. The molecule has 0 aliphatic carbocycles. The van der Waals surface area contributed by atoms with Gasteiger partial charge in [-0.2, -0.15) is 0 Å². The summed E-state index contributed by atoms with van der Waals surface area (Å²) in [6, 6.07) is 5.72. The molecule has 1 aliphatic rings. The first-order valence-corrected chi connectivity index (χ1v) is 7.79. The van der Waals surface area contributed by atoms with Crippen molar-refractivity contribution in [2.24, 2.45) is 0 Å². The fourth-order valence-electron chi connectivity index (χ4n) is 2.61. The van der Waals surface area contributed by atoms with Crippen molar-refractivity contribution in [3.05, 3.63) is 54.4 Å². The summed E-state index contributed by atoms with van der Waals surface area (Å²) in [7, 11) is 0. The summed E-state index contributed by atoms with van der Waals surface area (Å²) in [6.07, 6.45) is 4.98. The van der Waals surface area contributed by atoms with E-state index < -0.39 is 5.60 Å². The van der Waals surface area contributed by atoms with Crippen LogP contribution in [0.4, 0.5) is 4.39 Å². The Morgan fingerprint density at radius 1 is 1.29 bits per heavy atom. The molecule has 3 rings (SSSR count). The van der Waals surface area contributed by atoms with E-state index in [1.54, 1.807) is 18.6 Å². The molecule has 0 saturated carbocycles. The van der Waals surface area contributed by atoms with Crippen molar-refractivity contribution in [2.75, 3.05) is 32.9 Å². The maximum atomic E-state index is 12.9. The van der Waals surface area contributed by atoms with Crippen molar-refractivity contribution in [1.29, 1.82) is 0 Å². The molecule has 1 N–H and O–H groups in total. The second-order valence-corrected chi connectivity index (χ2v) is 5.93. The Morgan fingerprint density at radius 3 is 2.88 bits per heavy atom. The van der Waals surface area contributed by atoms with Crippen molar-refractivity contribution >= 4 is 0 Å². The molecule has 0 bridgehead atoms. The highest BCUT2D eigenvalue weighted by atomic mass is 19.1. The second kappa shape index (κ2) is 7.65. The summed E-state index contributed by atoms with van der Waals surface area (Å²) < 4.78 is 24.1. The highest BCUT2D eigenvalue weighted by Gasteiger charge is 2.33. The van der Waals surface area contributed by atoms with E-state index in [-0.39, 0.29) is 19.0 Å². The number of aromatic nitrogens is 2. The van der Waals surface area contributed by atoms with Gasteiger partial charge < -0.3 is 14.6 Å². The van der Waals surface area contributed by atoms with E-state index in [1.807, 2.05) is 0 Å². The summed E-state index contributed by atoms with van der Waals surface area (Å²) in [5.41, 5.74) is -0.311. The van der Waals surface area contributed by atoms with Gasteiger partial charge in [0.05, 0.1) is 18.9 Å². The number of nitrogens with zero attached hydrogens (tertiary/aromatic N) is 3. The number of ether oxygens (including phenoxy) is 2. The zero-order chi connectivity index (χ0) is 16.8. The number of benzene rings is 1. The van der Waals surface area contributed by atoms with Crippen LogP contribution >= 0.6 is 0 Å². The standard InChI is InChI=1S/C17H20FN3O3/c18-14-1-3-16(4-2-14)24-13-17(22)11-21(7-8-23-12-17)10-15-9-19-5-6-20-15/h1-6,9,22H,7-8,10-13H2/t17-/m0/s1. The van der Waals surface area contributed by atoms with Gasteiger partial charge >= 0.3 is 0 Å². The molecule has 2 heterocycles. The van der Waals surface area contributed by atoms with Crippen molar-refractivity contribution < 1.29 is 19.0 Å². The molecule has 0 unspecified atom stereocenters. The van der Waals surface area contributed by atoms with Crippen molar-refractivity contribution in [2.45, 2.75) is 12.1 Å². The van der Waals surface area contributed by atoms with E-state index in [0.717, 1.165) is 5.69 Å². The van der Waals surface area contributed by atoms with Gasteiger partial charge in [0.25, 0.3) is 0 Å². The number of aliphatic hydroxyl groups is 1. The van der Waals surface area contributed by atoms with Crippen LogP contribution in [0.2, 0.25) is 0 Å². The molecule has 1 aromatic heterocycles. The molecule has 0 amide bonds. The Hall–Kier alpha value is -2.09. The molecule has 128 valence electrons. The normalized spacial score (nSPS) is 22.1. The fourth-order valence-corrected chi connectivity index (χ4v) is 2.61. The zero-order valence-corrected chi connectivity index (χ0v) is 13.3. The van der Waals surface area contributed by atoms with Crippen molar-refractivity contribution in [3.63, 3.8) is 0 Å². The molecule has 6 nitrogen and oxygen atoms in total. The molecule has 1 fully saturated rings. The fraction of sp³-hybridized carbons (Fsp3) is 0.412. The lowest BCUT2D eigenvalue weighted by molar-refractivity contribution is -0.0647. The van der Waals surface area contributed by atoms with E-state index >= 15 is 0 Å². The van der Waals surface area contributed by atoms with Crippen LogP contribution in [0.3, 0.4) is 0 Å². The Morgan fingerprint density at radius 2 is 2.12 bits per heavy atom. The third-order valence-electron chi connectivity index (χ3n) is 3.76. The molecule has 1 aromatic carbocycles. The monoisotopic (exact) mass is 333 g/mol. The van der Waals surface area contributed by atoms with Gasteiger partial charge in [-0.25, -0.2) is 4.39 Å². The predicted molar refractivity (Wildman–Crippen MR) is 85.0 cm³/mol. The molecule has 7 heteroatoms. The third kappa shape index (κ3) is 4.70. The quantitative estimate of drug-likeness (QED) is 0.888. The summed E-state index contributed by atoms with van der Waals surface area (Å²) in [5, 5.41) is 10.8. The highest BCUT2D eigenvalue weighted by molar-refractivity contribution is 5.22. The van der Waals surface area contributed by atoms with Gasteiger partial charge in [-0.3, -0.25) is 14.9 Å². The van der Waals surface area contributed by atoms with Crippen LogP contribution in [0.15, 0.2) is 42.9 Å². The summed E-state index contributed by atoms with van der Waals surface area (Å²) in [6.45, 7) is 2.44. The Bertz CT molecular complexity index is 641.